The molecule has 0 spiro atoms. The van der Waals surface area contributed by atoms with Gasteiger partial charge in [0.05, 0.1) is 12.2 Å². The molecule has 0 amide bonds. The molecule has 0 aliphatic carbocycles. The van der Waals surface area contributed by atoms with E-state index < -0.39 is 18.0 Å². The van der Waals surface area contributed by atoms with Gasteiger partial charge in [0, 0.05) is 6.42 Å². The maximum absolute atomic E-state index is 11.6. The molecule has 0 N–H and O–H groups in total. The summed E-state index contributed by atoms with van der Waals surface area (Å²) in [5, 5.41) is 0. The summed E-state index contributed by atoms with van der Waals surface area (Å²) in [6.07, 6.45) is 0.344. The highest BCUT2D eigenvalue weighted by molar-refractivity contribution is 5.94. The minimum Gasteiger partial charge on any atom is -0.463 e. The third-order valence-electron chi connectivity index (χ3n) is 2.60. The Labute approximate surface area is 99.5 Å². The summed E-state index contributed by atoms with van der Waals surface area (Å²) in [6.45, 7) is 2.27. The highest BCUT2D eigenvalue weighted by Gasteiger charge is 2.31. The number of hydrogen-bond acceptors (Lipinski definition) is 4. The highest BCUT2D eigenvalue weighted by Crippen LogP contribution is 2.21. The molecular weight excluding hydrogens is 220 g/mol. The third-order valence-corrected chi connectivity index (χ3v) is 2.60. The van der Waals surface area contributed by atoms with Crippen LogP contribution in [0.1, 0.15) is 29.3 Å². The Morgan fingerprint density at radius 3 is 3.00 bits per heavy atom. The van der Waals surface area contributed by atoms with E-state index in [4.69, 9.17) is 9.47 Å². The maximum atomic E-state index is 11.6. The number of rotatable bonds is 3. The second kappa shape index (κ2) is 4.99. The number of hydrogen-bond donors (Lipinski definition) is 0. The molecule has 0 saturated heterocycles. The van der Waals surface area contributed by atoms with Gasteiger partial charge in [0.25, 0.3) is 0 Å². The van der Waals surface area contributed by atoms with E-state index in [1.54, 1.807) is 12.1 Å². The van der Waals surface area contributed by atoms with Crippen LogP contribution < -0.4 is 0 Å². The average molecular weight is 234 g/mol. The molecule has 1 aromatic rings. The standard InChI is InChI=1S/C13H14O4/c1-2-7-16-13(15)11-8-9-5-3-4-6-10(9)12(14)17-11/h3-6,11H,2,7-8H2,1H3/t11-/m1/s1. The topological polar surface area (TPSA) is 52.6 Å². The lowest BCUT2D eigenvalue weighted by atomic mass is 9.99. The van der Waals surface area contributed by atoms with Crippen molar-refractivity contribution in [1.29, 1.82) is 0 Å². The number of ether oxygens (including phenoxy) is 2. The van der Waals surface area contributed by atoms with Crippen LogP contribution in [0.5, 0.6) is 0 Å². The summed E-state index contributed by atoms with van der Waals surface area (Å²) < 4.78 is 10.0. The van der Waals surface area contributed by atoms with Crippen molar-refractivity contribution < 1.29 is 19.1 Å². The van der Waals surface area contributed by atoms with E-state index in [-0.39, 0.29) is 0 Å². The molecule has 0 bridgehead atoms. The molecule has 0 unspecified atom stereocenters. The predicted octanol–water partition coefficient (Wildman–Crippen LogP) is 1.72. The quantitative estimate of drug-likeness (QED) is 0.747. The van der Waals surface area contributed by atoms with Gasteiger partial charge in [-0.1, -0.05) is 25.1 Å². The van der Waals surface area contributed by atoms with Crippen LogP contribution in [-0.4, -0.2) is 24.6 Å². The summed E-state index contributed by atoms with van der Waals surface area (Å²) in [4.78, 5) is 23.3. The Balaban J connectivity index is 2.11. The first-order valence-corrected chi connectivity index (χ1v) is 5.68. The van der Waals surface area contributed by atoms with Crippen LogP contribution in [0, 0.1) is 0 Å². The minimum absolute atomic E-state index is 0.356. The zero-order valence-electron chi connectivity index (χ0n) is 9.64. The van der Waals surface area contributed by atoms with Crippen LogP contribution in [0.4, 0.5) is 0 Å². The number of fused-ring (bicyclic) bond motifs is 1. The molecular formula is C13H14O4. The zero-order chi connectivity index (χ0) is 12.3. The Hall–Kier alpha value is -1.84. The van der Waals surface area contributed by atoms with Gasteiger partial charge < -0.3 is 9.47 Å². The molecule has 0 radical (unpaired) electrons. The van der Waals surface area contributed by atoms with Crippen LogP contribution in [0.15, 0.2) is 24.3 Å². The van der Waals surface area contributed by atoms with Crippen molar-refractivity contribution in [2.75, 3.05) is 6.61 Å². The fraction of sp³-hybridized carbons (Fsp3) is 0.385. The Morgan fingerprint density at radius 2 is 2.24 bits per heavy atom. The van der Waals surface area contributed by atoms with Gasteiger partial charge in [-0.3, -0.25) is 0 Å². The van der Waals surface area contributed by atoms with E-state index in [2.05, 4.69) is 0 Å². The zero-order valence-corrected chi connectivity index (χ0v) is 9.64. The summed E-state index contributed by atoms with van der Waals surface area (Å²) in [7, 11) is 0. The second-order valence-corrected chi connectivity index (χ2v) is 3.92. The lowest BCUT2D eigenvalue weighted by Crippen LogP contribution is -2.35. The number of esters is 2. The van der Waals surface area contributed by atoms with E-state index >= 15 is 0 Å². The number of cyclic esters (lactones) is 1. The van der Waals surface area contributed by atoms with Crippen LogP contribution in [0.2, 0.25) is 0 Å². The first kappa shape index (κ1) is 11.6. The molecule has 0 aromatic heterocycles. The molecule has 0 saturated carbocycles. The van der Waals surface area contributed by atoms with Gasteiger partial charge in [-0.2, -0.15) is 0 Å². The van der Waals surface area contributed by atoms with Crippen LogP contribution in [0.25, 0.3) is 0 Å². The van der Waals surface area contributed by atoms with E-state index in [1.807, 2.05) is 19.1 Å². The SMILES string of the molecule is CCCOC(=O)[C@H]1Cc2ccccc2C(=O)O1. The number of carbonyl (C=O) groups is 2. The summed E-state index contributed by atoms with van der Waals surface area (Å²) in [5.74, 6) is -0.917. The fourth-order valence-corrected chi connectivity index (χ4v) is 1.76. The molecule has 1 atom stereocenters. The largest absolute Gasteiger partial charge is 0.463 e. The van der Waals surface area contributed by atoms with Crippen LogP contribution >= 0.6 is 0 Å². The summed E-state index contributed by atoms with van der Waals surface area (Å²) in [5.41, 5.74) is 1.37. The molecule has 4 nitrogen and oxygen atoms in total. The smallest absolute Gasteiger partial charge is 0.347 e. The normalized spacial score (nSPS) is 18.2. The Kier molecular flexibility index (Phi) is 3.42. The van der Waals surface area contributed by atoms with Crippen molar-refractivity contribution in [2.45, 2.75) is 25.9 Å². The number of carbonyl (C=O) groups excluding carboxylic acids is 2. The van der Waals surface area contributed by atoms with Gasteiger partial charge in [-0.15, -0.1) is 0 Å². The van der Waals surface area contributed by atoms with Gasteiger partial charge in [-0.05, 0) is 18.1 Å². The van der Waals surface area contributed by atoms with Crippen molar-refractivity contribution in [3.8, 4) is 0 Å². The summed E-state index contributed by atoms with van der Waals surface area (Å²) >= 11 is 0. The van der Waals surface area contributed by atoms with Crippen LogP contribution in [0.3, 0.4) is 0 Å². The van der Waals surface area contributed by atoms with E-state index in [9.17, 15) is 9.59 Å². The molecule has 2 rings (SSSR count). The van der Waals surface area contributed by atoms with Crippen LogP contribution in [-0.2, 0) is 20.7 Å². The van der Waals surface area contributed by atoms with Gasteiger partial charge in [0.1, 0.15) is 0 Å². The summed E-state index contributed by atoms with van der Waals surface area (Å²) in [6, 6.07) is 7.14. The number of benzene rings is 1. The molecule has 4 heteroatoms. The Bertz CT molecular complexity index is 439. The molecule has 1 heterocycles. The average Bonchev–Trinajstić information content (AvgIpc) is 2.36. The Morgan fingerprint density at radius 1 is 1.47 bits per heavy atom. The molecule has 0 fully saturated rings. The lowest BCUT2D eigenvalue weighted by Gasteiger charge is -2.22. The second-order valence-electron chi connectivity index (χ2n) is 3.92. The molecule has 90 valence electrons. The molecule has 1 aliphatic rings. The van der Waals surface area contributed by atoms with Gasteiger partial charge in [0.2, 0.25) is 6.10 Å². The van der Waals surface area contributed by atoms with Gasteiger partial charge in [0.15, 0.2) is 0 Å². The first-order valence-electron chi connectivity index (χ1n) is 5.68. The van der Waals surface area contributed by atoms with Crippen molar-refractivity contribution >= 4 is 11.9 Å². The van der Waals surface area contributed by atoms with Gasteiger partial charge in [-0.25, -0.2) is 9.59 Å². The highest BCUT2D eigenvalue weighted by atomic mass is 16.6. The van der Waals surface area contributed by atoms with Crippen molar-refractivity contribution in [1.82, 2.24) is 0 Å². The van der Waals surface area contributed by atoms with Crippen molar-refractivity contribution in [3.63, 3.8) is 0 Å². The van der Waals surface area contributed by atoms with Crippen molar-refractivity contribution in [2.24, 2.45) is 0 Å². The predicted molar refractivity (Wildman–Crippen MR) is 60.6 cm³/mol. The van der Waals surface area contributed by atoms with E-state index in [0.29, 0.717) is 18.6 Å². The molecule has 1 aliphatic heterocycles. The van der Waals surface area contributed by atoms with Gasteiger partial charge >= 0.3 is 11.9 Å². The maximum Gasteiger partial charge on any atom is 0.347 e. The van der Waals surface area contributed by atoms with Crippen molar-refractivity contribution in [3.05, 3.63) is 35.4 Å². The monoisotopic (exact) mass is 234 g/mol. The fourth-order valence-electron chi connectivity index (χ4n) is 1.76. The lowest BCUT2D eigenvalue weighted by molar-refractivity contribution is -0.154. The first-order chi connectivity index (χ1) is 8.22. The third kappa shape index (κ3) is 2.46. The minimum atomic E-state index is -0.802. The molecule has 1 aromatic carbocycles. The van der Waals surface area contributed by atoms with E-state index in [0.717, 1.165) is 12.0 Å². The van der Waals surface area contributed by atoms with E-state index in [1.165, 1.54) is 0 Å². The molecule has 17 heavy (non-hydrogen) atoms.